The summed E-state index contributed by atoms with van der Waals surface area (Å²) < 4.78 is 0. The fourth-order valence-electron chi connectivity index (χ4n) is 4.76. The third-order valence-electron chi connectivity index (χ3n) is 5.61. The maximum Gasteiger partial charge on any atom is 0.0365 e. The minimum atomic E-state index is 0.221. The van der Waals surface area contributed by atoms with Crippen LogP contribution in [0.25, 0.3) is 0 Å². The third kappa shape index (κ3) is 1.37. The van der Waals surface area contributed by atoms with Gasteiger partial charge in [-0.25, -0.2) is 0 Å². The molecule has 1 aromatic carbocycles. The van der Waals surface area contributed by atoms with Gasteiger partial charge in [0.05, 0.1) is 0 Å². The van der Waals surface area contributed by atoms with Crippen LogP contribution >= 0.6 is 0 Å². The SMILES string of the molecule is CC(C)(C)C12CCCCC1c1ccccc1C2N. The van der Waals surface area contributed by atoms with Gasteiger partial charge in [-0.05, 0) is 35.3 Å². The largest absolute Gasteiger partial charge is 0.323 e. The topological polar surface area (TPSA) is 26.0 Å². The Bertz CT molecular complexity index is 457. The van der Waals surface area contributed by atoms with Gasteiger partial charge >= 0.3 is 0 Å². The van der Waals surface area contributed by atoms with Gasteiger partial charge in [-0.15, -0.1) is 0 Å². The van der Waals surface area contributed by atoms with Gasteiger partial charge in [0.1, 0.15) is 0 Å². The molecule has 2 aliphatic rings. The maximum atomic E-state index is 6.72. The van der Waals surface area contributed by atoms with E-state index in [1.165, 1.54) is 31.2 Å². The Balaban J connectivity index is 2.19. The number of benzene rings is 1. The molecule has 1 nitrogen and oxygen atoms in total. The summed E-state index contributed by atoms with van der Waals surface area (Å²) in [6.07, 6.45) is 5.32. The van der Waals surface area contributed by atoms with Gasteiger partial charge in [-0.1, -0.05) is 57.9 Å². The highest BCUT2D eigenvalue weighted by atomic mass is 14.8. The van der Waals surface area contributed by atoms with E-state index >= 15 is 0 Å². The van der Waals surface area contributed by atoms with Crippen molar-refractivity contribution in [3.05, 3.63) is 35.4 Å². The van der Waals surface area contributed by atoms with Crippen molar-refractivity contribution in [3.8, 4) is 0 Å². The molecule has 0 spiro atoms. The predicted molar refractivity (Wildman–Crippen MR) is 76.5 cm³/mol. The van der Waals surface area contributed by atoms with Gasteiger partial charge in [0.15, 0.2) is 0 Å². The Labute approximate surface area is 111 Å². The van der Waals surface area contributed by atoms with Crippen LogP contribution in [0.5, 0.6) is 0 Å². The molecule has 2 aliphatic carbocycles. The summed E-state index contributed by atoms with van der Waals surface area (Å²) in [4.78, 5) is 0. The predicted octanol–water partition coefficient (Wildman–Crippen LogP) is 4.39. The second-order valence-corrected chi connectivity index (χ2v) is 7.20. The summed E-state index contributed by atoms with van der Waals surface area (Å²) in [6, 6.07) is 9.12. The zero-order chi connectivity index (χ0) is 13.0. The molecule has 1 aromatic rings. The van der Waals surface area contributed by atoms with E-state index in [0.29, 0.717) is 5.92 Å². The van der Waals surface area contributed by atoms with Crippen molar-refractivity contribution in [1.82, 2.24) is 0 Å². The summed E-state index contributed by atoms with van der Waals surface area (Å²) in [5.41, 5.74) is 10.2. The summed E-state index contributed by atoms with van der Waals surface area (Å²) in [6.45, 7) is 7.16. The van der Waals surface area contributed by atoms with Crippen LogP contribution in [0.3, 0.4) is 0 Å². The molecule has 98 valence electrons. The average Bonchev–Trinajstić information content (AvgIpc) is 2.62. The van der Waals surface area contributed by atoms with Crippen molar-refractivity contribution >= 4 is 0 Å². The van der Waals surface area contributed by atoms with E-state index in [4.69, 9.17) is 5.73 Å². The molecule has 0 amide bonds. The second kappa shape index (κ2) is 3.84. The lowest BCUT2D eigenvalue weighted by Gasteiger charge is -2.52. The lowest BCUT2D eigenvalue weighted by atomic mass is 9.53. The first-order valence-electron chi connectivity index (χ1n) is 7.33. The lowest BCUT2D eigenvalue weighted by molar-refractivity contribution is 0.00253. The first-order chi connectivity index (χ1) is 8.48. The fraction of sp³-hybridized carbons (Fsp3) is 0.647. The highest BCUT2D eigenvalue weighted by Gasteiger charge is 2.57. The smallest absolute Gasteiger partial charge is 0.0365 e. The molecule has 3 unspecified atom stereocenters. The van der Waals surface area contributed by atoms with Gasteiger partial charge < -0.3 is 5.73 Å². The van der Waals surface area contributed by atoms with E-state index in [1.54, 1.807) is 5.56 Å². The normalized spacial score (nSPS) is 35.1. The molecule has 18 heavy (non-hydrogen) atoms. The molecule has 1 fully saturated rings. The van der Waals surface area contributed by atoms with E-state index in [0.717, 1.165) is 0 Å². The van der Waals surface area contributed by atoms with E-state index in [2.05, 4.69) is 45.0 Å². The summed E-state index contributed by atoms with van der Waals surface area (Å²) in [7, 11) is 0. The monoisotopic (exact) mass is 243 g/mol. The van der Waals surface area contributed by atoms with E-state index < -0.39 is 0 Å². The second-order valence-electron chi connectivity index (χ2n) is 7.20. The van der Waals surface area contributed by atoms with Crippen LogP contribution in [0.15, 0.2) is 24.3 Å². The number of fused-ring (bicyclic) bond motifs is 3. The van der Waals surface area contributed by atoms with Crippen LogP contribution in [-0.4, -0.2) is 0 Å². The molecule has 0 aliphatic heterocycles. The van der Waals surface area contributed by atoms with E-state index in [9.17, 15) is 0 Å². The molecule has 0 heterocycles. The molecule has 1 saturated carbocycles. The molecule has 0 bridgehead atoms. The van der Waals surface area contributed by atoms with E-state index in [1.807, 2.05) is 0 Å². The van der Waals surface area contributed by atoms with Gasteiger partial charge in [-0.3, -0.25) is 0 Å². The van der Waals surface area contributed by atoms with Crippen LogP contribution < -0.4 is 5.73 Å². The van der Waals surface area contributed by atoms with Crippen molar-refractivity contribution in [2.24, 2.45) is 16.6 Å². The molecular weight excluding hydrogens is 218 g/mol. The number of nitrogens with two attached hydrogens (primary N) is 1. The molecular formula is C17H25N. The Morgan fingerprint density at radius 2 is 1.78 bits per heavy atom. The van der Waals surface area contributed by atoms with Crippen LogP contribution in [0.4, 0.5) is 0 Å². The number of rotatable bonds is 0. The highest BCUT2D eigenvalue weighted by Crippen LogP contribution is 2.66. The zero-order valence-electron chi connectivity index (χ0n) is 11.9. The van der Waals surface area contributed by atoms with Crippen LogP contribution in [0.2, 0.25) is 0 Å². The van der Waals surface area contributed by atoms with Gasteiger partial charge in [-0.2, -0.15) is 0 Å². The van der Waals surface area contributed by atoms with Gasteiger partial charge in [0, 0.05) is 11.5 Å². The van der Waals surface area contributed by atoms with Crippen molar-refractivity contribution < 1.29 is 0 Å². The van der Waals surface area contributed by atoms with Crippen LogP contribution in [0.1, 0.15) is 69.5 Å². The number of hydrogen-bond acceptors (Lipinski definition) is 1. The van der Waals surface area contributed by atoms with Crippen molar-refractivity contribution in [2.75, 3.05) is 0 Å². The molecule has 0 saturated heterocycles. The van der Waals surface area contributed by atoms with Crippen molar-refractivity contribution in [2.45, 2.75) is 58.4 Å². The van der Waals surface area contributed by atoms with Gasteiger partial charge in [0.25, 0.3) is 0 Å². The molecule has 2 N–H and O–H groups in total. The first kappa shape index (κ1) is 12.2. The fourth-order valence-corrected chi connectivity index (χ4v) is 4.76. The highest BCUT2D eigenvalue weighted by molar-refractivity contribution is 5.43. The first-order valence-corrected chi connectivity index (χ1v) is 7.33. The lowest BCUT2D eigenvalue weighted by Crippen LogP contribution is -2.46. The van der Waals surface area contributed by atoms with E-state index in [-0.39, 0.29) is 16.9 Å². The van der Waals surface area contributed by atoms with Crippen molar-refractivity contribution in [3.63, 3.8) is 0 Å². The molecule has 0 aromatic heterocycles. The minimum Gasteiger partial charge on any atom is -0.323 e. The summed E-state index contributed by atoms with van der Waals surface area (Å²) in [5.74, 6) is 0.678. The molecule has 1 heteroatoms. The molecule has 0 radical (unpaired) electrons. The van der Waals surface area contributed by atoms with Crippen molar-refractivity contribution in [1.29, 1.82) is 0 Å². The molecule has 3 rings (SSSR count). The average molecular weight is 243 g/mol. The Hall–Kier alpha value is -0.820. The maximum absolute atomic E-state index is 6.72. The standard InChI is InChI=1S/C17H25N/c1-16(2,3)17-11-7-6-10-14(17)12-8-4-5-9-13(12)15(17)18/h4-5,8-9,14-15H,6-7,10-11,18H2,1-3H3. The summed E-state index contributed by atoms with van der Waals surface area (Å²) in [5, 5.41) is 0. The Morgan fingerprint density at radius 3 is 2.44 bits per heavy atom. The third-order valence-corrected chi connectivity index (χ3v) is 5.61. The molecule has 3 atom stereocenters. The quantitative estimate of drug-likeness (QED) is 0.718. The Kier molecular flexibility index (Phi) is 2.60. The summed E-state index contributed by atoms with van der Waals surface area (Å²) >= 11 is 0. The van der Waals surface area contributed by atoms with Crippen LogP contribution in [-0.2, 0) is 0 Å². The van der Waals surface area contributed by atoms with Crippen LogP contribution in [0, 0.1) is 10.8 Å². The number of hydrogen-bond donors (Lipinski definition) is 1. The minimum absolute atomic E-state index is 0.221. The zero-order valence-corrected chi connectivity index (χ0v) is 11.9. The van der Waals surface area contributed by atoms with Gasteiger partial charge in [0.2, 0.25) is 0 Å². The Morgan fingerprint density at radius 1 is 1.11 bits per heavy atom.